The molecule has 0 fully saturated rings. The van der Waals surface area contributed by atoms with Crippen molar-refractivity contribution >= 4 is 27.5 Å². The van der Waals surface area contributed by atoms with Gasteiger partial charge in [0.2, 0.25) is 0 Å². The lowest BCUT2D eigenvalue weighted by Gasteiger charge is -2.09. The summed E-state index contributed by atoms with van der Waals surface area (Å²) in [5.74, 6) is -0.164. The van der Waals surface area contributed by atoms with E-state index in [2.05, 4.69) is 30.3 Å². The summed E-state index contributed by atoms with van der Waals surface area (Å²) in [5, 5.41) is 4.75. The number of carbonyl (C=O) groups is 1. The van der Waals surface area contributed by atoms with E-state index in [1.165, 1.54) is 16.2 Å². The van der Waals surface area contributed by atoms with E-state index in [9.17, 15) is 4.79 Å². The highest BCUT2D eigenvalue weighted by Gasteiger charge is 2.05. The van der Waals surface area contributed by atoms with Gasteiger partial charge in [-0.3, -0.25) is 4.79 Å². The highest BCUT2D eigenvalue weighted by molar-refractivity contribution is 5.99. The topological polar surface area (TPSA) is 26.3 Å². The maximum Gasteiger partial charge on any atom is 0.305 e. The van der Waals surface area contributed by atoms with Crippen LogP contribution in [0.1, 0.15) is 18.9 Å². The van der Waals surface area contributed by atoms with E-state index in [1.807, 2.05) is 24.3 Å². The van der Waals surface area contributed by atoms with Crippen molar-refractivity contribution in [3.8, 4) is 0 Å². The number of ether oxygens (including phenoxy) is 1. The molecule has 0 unspecified atom stereocenters. The van der Waals surface area contributed by atoms with Crippen LogP contribution in [0, 0.1) is 0 Å². The first kappa shape index (κ1) is 12.7. The predicted octanol–water partition coefficient (Wildman–Crippen LogP) is 4.45. The zero-order valence-electron chi connectivity index (χ0n) is 11.4. The molecule has 3 aromatic carbocycles. The minimum Gasteiger partial charge on any atom is -0.461 e. The molecule has 20 heavy (non-hydrogen) atoms. The first-order valence-corrected chi connectivity index (χ1v) is 6.84. The Morgan fingerprint density at radius 1 is 0.950 bits per heavy atom. The van der Waals surface area contributed by atoms with Crippen LogP contribution in [-0.2, 0) is 16.1 Å². The molecule has 100 valence electrons. The Morgan fingerprint density at radius 3 is 2.40 bits per heavy atom. The number of carbonyl (C=O) groups excluding carboxylic acids is 1. The van der Waals surface area contributed by atoms with Gasteiger partial charge in [-0.25, -0.2) is 0 Å². The summed E-state index contributed by atoms with van der Waals surface area (Å²) in [5.41, 5.74) is 1.05. The first-order chi connectivity index (χ1) is 9.78. The van der Waals surface area contributed by atoms with Crippen molar-refractivity contribution in [2.24, 2.45) is 0 Å². The molecule has 2 nitrogen and oxygen atoms in total. The number of fused-ring (bicyclic) bond motifs is 2. The summed E-state index contributed by atoms with van der Waals surface area (Å²) in [7, 11) is 0. The second kappa shape index (κ2) is 5.33. The molecule has 3 rings (SSSR count). The summed E-state index contributed by atoms with van der Waals surface area (Å²) in [4.78, 5) is 11.3. The molecule has 0 aliphatic heterocycles. The molecular weight excluding hydrogens is 248 g/mol. The van der Waals surface area contributed by atoms with Crippen LogP contribution in [0.2, 0.25) is 0 Å². The fraction of sp³-hybridized carbons (Fsp3) is 0.167. The summed E-state index contributed by atoms with van der Waals surface area (Å²) in [6.45, 7) is 2.14. The fourth-order valence-corrected chi connectivity index (χ4v) is 2.42. The standard InChI is InChI=1S/C18H16O2/c1-2-18(19)20-12-16-9-5-8-15-10-13-6-3-4-7-14(13)11-17(15)16/h3-11H,2,12H2,1H3. The Labute approximate surface area is 118 Å². The van der Waals surface area contributed by atoms with Gasteiger partial charge < -0.3 is 4.74 Å². The smallest absolute Gasteiger partial charge is 0.305 e. The lowest BCUT2D eigenvalue weighted by Crippen LogP contribution is -2.02. The minimum absolute atomic E-state index is 0.164. The molecular formula is C18H16O2. The van der Waals surface area contributed by atoms with Crippen LogP contribution in [0.3, 0.4) is 0 Å². The summed E-state index contributed by atoms with van der Waals surface area (Å²) in [6, 6.07) is 18.7. The number of hydrogen-bond donors (Lipinski definition) is 0. The number of benzene rings is 3. The molecule has 0 radical (unpaired) electrons. The molecule has 0 aromatic heterocycles. The molecule has 0 saturated heterocycles. The Kier molecular flexibility index (Phi) is 3.38. The van der Waals surface area contributed by atoms with Gasteiger partial charge in [-0.1, -0.05) is 49.4 Å². The van der Waals surface area contributed by atoms with Gasteiger partial charge in [-0.15, -0.1) is 0 Å². The summed E-state index contributed by atoms with van der Waals surface area (Å²) in [6.07, 6.45) is 0.410. The molecule has 2 heteroatoms. The Morgan fingerprint density at radius 2 is 1.65 bits per heavy atom. The van der Waals surface area contributed by atoms with E-state index < -0.39 is 0 Å². The molecule has 0 saturated carbocycles. The quantitative estimate of drug-likeness (QED) is 0.516. The molecule has 3 aromatic rings. The molecule has 0 N–H and O–H groups in total. The van der Waals surface area contributed by atoms with Gasteiger partial charge in [0.25, 0.3) is 0 Å². The average Bonchev–Trinajstić information content (AvgIpc) is 2.50. The second-order valence-corrected chi connectivity index (χ2v) is 4.85. The average molecular weight is 264 g/mol. The maximum atomic E-state index is 11.3. The van der Waals surface area contributed by atoms with E-state index in [1.54, 1.807) is 6.92 Å². The molecule has 0 spiro atoms. The van der Waals surface area contributed by atoms with E-state index in [0.717, 1.165) is 10.9 Å². The van der Waals surface area contributed by atoms with Gasteiger partial charge in [-0.05, 0) is 39.2 Å². The van der Waals surface area contributed by atoms with Crippen LogP contribution in [0.15, 0.2) is 54.6 Å². The van der Waals surface area contributed by atoms with E-state index >= 15 is 0 Å². The van der Waals surface area contributed by atoms with Crippen molar-refractivity contribution in [2.45, 2.75) is 20.0 Å². The lowest BCUT2D eigenvalue weighted by molar-refractivity contribution is -0.144. The van der Waals surface area contributed by atoms with Crippen molar-refractivity contribution in [3.63, 3.8) is 0 Å². The van der Waals surface area contributed by atoms with Crippen molar-refractivity contribution in [3.05, 3.63) is 60.2 Å². The molecule has 0 atom stereocenters. The van der Waals surface area contributed by atoms with Gasteiger partial charge in [-0.2, -0.15) is 0 Å². The Hall–Kier alpha value is -2.35. The highest BCUT2D eigenvalue weighted by Crippen LogP contribution is 2.26. The van der Waals surface area contributed by atoms with Crippen LogP contribution in [0.5, 0.6) is 0 Å². The fourth-order valence-electron chi connectivity index (χ4n) is 2.42. The van der Waals surface area contributed by atoms with E-state index in [4.69, 9.17) is 4.74 Å². The molecule has 0 heterocycles. The predicted molar refractivity (Wildman–Crippen MR) is 81.5 cm³/mol. The molecule has 0 amide bonds. The van der Waals surface area contributed by atoms with Crippen molar-refractivity contribution < 1.29 is 9.53 Å². The van der Waals surface area contributed by atoms with Crippen LogP contribution in [0.25, 0.3) is 21.5 Å². The lowest BCUT2D eigenvalue weighted by atomic mass is 10.00. The zero-order chi connectivity index (χ0) is 13.9. The zero-order valence-corrected chi connectivity index (χ0v) is 11.4. The van der Waals surface area contributed by atoms with Gasteiger partial charge in [0.1, 0.15) is 6.61 Å². The van der Waals surface area contributed by atoms with Crippen LogP contribution in [0.4, 0.5) is 0 Å². The third kappa shape index (κ3) is 2.37. The van der Waals surface area contributed by atoms with Gasteiger partial charge >= 0.3 is 5.97 Å². The third-order valence-corrected chi connectivity index (χ3v) is 3.51. The molecule has 0 bridgehead atoms. The second-order valence-electron chi connectivity index (χ2n) is 4.85. The highest BCUT2D eigenvalue weighted by atomic mass is 16.5. The summed E-state index contributed by atoms with van der Waals surface area (Å²) < 4.78 is 5.26. The van der Waals surface area contributed by atoms with Gasteiger partial charge in [0, 0.05) is 6.42 Å². The van der Waals surface area contributed by atoms with Crippen LogP contribution in [-0.4, -0.2) is 5.97 Å². The Balaban J connectivity index is 2.08. The van der Waals surface area contributed by atoms with Crippen LogP contribution < -0.4 is 0 Å². The Bertz CT molecular complexity index is 775. The minimum atomic E-state index is -0.164. The van der Waals surface area contributed by atoms with Gasteiger partial charge in [0.15, 0.2) is 0 Å². The summed E-state index contributed by atoms with van der Waals surface area (Å²) >= 11 is 0. The van der Waals surface area contributed by atoms with Crippen molar-refractivity contribution in [2.75, 3.05) is 0 Å². The monoisotopic (exact) mass is 264 g/mol. The first-order valence-electron chi connectivity index (χ1n) is 6.84. The van der Waals surface area contributed by atoms with Crippen LogP contribution >= 0.6 is 0 Å². The van der Waals surface area contributed by atoms with Gasteiger partial charge in [0.05, 0.1) is 0 Å². The molecule has 0 aliphatic rings. The SMILES string of the molecule is CCC(=O)OCc1cccc2cc3ccccc3cc12. The number of esters is 1. The number of hydrogen-bond acceptors (Lipinski definition) is 2. The maximum absolute atomic E-state index is 11.3. The number of rotatable bonds is 3. The van der Waals surface area contributed by atoms with E-state index in [-0.39, 0.29) is 5.97 Å². The van der Waals surface area contributed by atoms with E-state index in [0.29, 0.717) is 13.0 Å². The molecule has 0 aliphatic carbocycles. The van der Waals surface area contributed by atoms with Crippen molar-refractivity contribution in [1.29, 1.82) is 0 Å². The third-order valence-electron chi connectivity index (χ3n) is 3.51. The largest absolute Gasteiger partial charge is 0.461 e. The normalized spacial score (nSPS) is 10.8. The van der Waals surface area contributed by atoms with Crippen molar-refractivity contribution in [1.82, 2.24) is 0 Å².